The summed E-state index contributed by atoms with van der Waals surface area (Å²) in [6.45, 7) is 10.6. The highest BCUT2D eigenvalue weighted by molar-refractivity contribution is 5.93. The van der Waals surface area contributed by atoms with Gasteiger partial charge in [0.25, 0.3) is 0 Å². The summed E-state index contributed by atoms with van der Waals surface area (Å²) in [4.78, 5) is 49.1. The quantitative estimate of drug-likeness (QED) is 0.145. The number of esters is 4. The van der Waals surface area contributed by atoms with Crippen LogP contribution in [0, 0.1) is 71.0 Å². The average Bonchev–Trinajstić information content (AvgIpc) is 3.91. The number of benzene rings is 1. The molecule has 0 saturated heterocycles. The average molecular weight is 645 g/mol. The first kappa shape index (κ1) is 32.1. The van der Waals surface area contributed by atoms with Crippen LogP contribution in [0.3, 0.4) is 0 Å². The van der Waals surface area contributed by atoms with E-state index in [1.54, 1.807) is 31.2 Å². The van der Waals surface area contributed by atoms with Crippen LogP contribution in [0.15, 0.2) is 49.1 Å². The molecule has 4 bridgehead atoms. The third-order valence-corrected chi connectivity index (χ3v) is 13.0. The summed E-state index contributed by atoms with van der Waals surface area (Å²) >= 11 is 0. The lowest BCUT2D eigenvalue weighted by atomic mass is 9.76. The summed E-state index contributed by atoms with van der Waals surface area (Å²) in [7, 11) is 0. The summed E-state index contributed by atoms with van der Waals surface area (Å²) in [5.41, 5.74) is 1.32. The summed E-state index contributed by atoms with van der Waals surface area (Å²) in [6.07, 6.45) is 10.2. The zero-order chi connectivity index (χ0) is 32.8. The molecule has 1 aromatic rings. The van der Waals surface area contributed by atoms with Crippen LogP contribution in [0.5, 0.6) is 0 Å². The second-order valence-electron chi connectivity index (χ2n) is 15.6. The standard InChI is InChI=1S/C39H48O8/c1-4-36(40)44-17-22-9-30-27-14-29(33(16-27)34(30)11-22)20-47-39(43)25-7-5-24(6-8-25)38(42)45-18-23-10-31-26-13-28(19-46-37(41)21(2)3)32(15-26)35(31)12-23/h4-8,22-23,26-35H,1-2,9-20H2,3H3/t22?,23?,26?,27?,28?,29?,30?,31?,32-,33?,34?,35?/m1/s1. The first-order valence-corrected chi connectivity index (χ1v) is 17.7. The van der Waals surface area contributed by atoms with Gasteiger partial charge in [0.2, 0.25) is 0 Å². The SMILES string of the molecule is C=CC(=O)OCC1CC2C3CC(COC(=O)c4ccc(C(=O)OCC5CC6C7CC(COC(=O)C(=C)C)[C@@H](C7)C6C5)cc4)C(C3)C2C1. The van der Waals surface area contributed by atoms with Crippen molar-refractivity contribution in [2.24, 2.45) is 71.0 Å². The maximum Gasteiger partial charge on any atom is 0.338 e. The maximum absolute atomic E-state index is 12.9. The molecule has 0 heterocycles. The Hall–Kier alpha value is -3.42. The Morgan fingerprint density at radius 2 is 1.06 bits per heavy atom. The minimum atomic E-state index is -0.361. The van der Waals surface area contributed by atoms with Crippen molar-refractivity contribution < 1.29 is 38.1 Å². The molecule has 47 heavy (non-hydrogen) atoms. The van der Waals surface area contributed by atoms with Crippen molar-refractivity contribution in [1.82, 2.24) is 0 Å². The Morgan fingerprint density at radius 1 is 0.617 bits per heavy atom. The molecule has 6 aliphatic rings. The van der Waals surface area contributed by atoms with E-state index in [1.165, 1.54) is 18.9 Å². The van der Waals surface area contributed by atoms with Crippen LogP contribution in [-0.2, 0) is 28.5 Å². The second kappa shape index (κ2) is 13.2. The maximum atomic E-state index is 12.9. The lowest BCUT2D eigenvalue weighted by molar-refractivity contribution is -0.141. The molecule has 0 radical (unpaired) electrons. The predicted octanol–water partition coefficient (Wildman–Crippen LogP) is 6.45. The summed E-state index contributed by atoms with van der Waals surface area (Å²) in [6, 6.07) is 6.61. The molecule has 0 aliphatic heterocycles. The fraction of sp³-hybridized carbons (Fsp3) is 0.641. The first-order valence-electron chi connectivity index (χ1n) is 17.7. The second-order valence-corrected chi connectivity index (χ2v) is 15.6. The first-order chi connectivity index (χ1) is 22.7. The molecule has 0 amide bonds. The molecule has 252 valence electrons. The largest absolute Gasteiger partial charge is 0.462 e. The van der Waals surface area contributed by atoms with Crippen molar-refractivity contribution in [2.45, 2.75) is 58.3 Å². The van der Waals surface area contributed by atoms with Crippen molar-refractivity contribution >= 4 is 23.9 Å². The van der Waals surface area contributed by atoms with Crippen molar-refractivity contribution in [1.29, 1.82) is 0 Å². The minimum Gasteiger partial charge on any atom is -0.462 e. The molecule has 0 spiro atoms. The Bertz CT molecular complexity index is 1410. The fourth-order valence-electron chi connectivity index (χ4n) is 11.2. The number of fused-ring (bicyclic) bond motifs is 10. The van der Waals surface area contributed by atoms with E-state index in [-0.39, 0.29) is 23.9 Å². The fourth-order valence-corrected chi connectivity index (χ4v) is 11.2. The molecule has 6 saturated carbocycles. The molecule has 8 heteroatoms. The number of rotatable bonds is 12. The number of carbonyl (C=O) groups is 4. The Morgan fingerprint density at radius 3 is 1.55 bits per heavy atom. The van der Waals surface area contributed by atoms with Gasteiger partial charge in [0.05, 0.1) is 37.6 Å². The van der Waals surface area contributed by atoms with Gasteiger partial charge >= 0.3 is 23.9 Å². The summed E-state index contributed by atoms with van der Waals surface area (Å²) in [5.74, 6) is 5.37. The van der Waals surface area contributed by atoms with Gasteiger partial charge in [-0.1, -0.05) is 13.2 Å². The van der Waals surface area contributed by atoms with E-state index in [9.17, 15) is 19.2 Å². The van der Waals surface area contributed by atoms with Gasteiger partial charge in [0, 0.05) is 11.6 Å². The van der Waals surface area contributed by atoms with Crippen LogP contribution < -0.4 is 0 Å². The Kier molecular flexibility index (Phi) is 9.05. The van der Waals surface area contributed by atoms with Gasteiger partial charge in [-0.25, -0.2) is 19.2 Å². The lowest BCUT2D eigenvalue weighted by Crippen LogP contribution is -2.28. The molecule has 8 nitrogen and oxygen atoms in total. The molecule has 1 aromatic carbocycles. The monoisotopic (exact) mass is 644 g/mol. The van der Waals surface area contributed by atoms with Crippen molar-refractivity contribution in [2.75, 3.05) is 26.4 Å². The highest BCUT2D eigenvalue weighted by Crippen LogP contribution is 2.63. The van der Waals surface area contributed by atoms with Gasteiger partial charge in [-0.15, -0.1) is 0 Å². The third-order valence-electron chi connectivity index (χ3n) is 13.0. The Labute approximate surface area is 277 Å². The zero-order valence-corrected chi connectivity index (χ0v) is 27.5. The van der Waals surface area contributed by atoms with E-state index < -0.39 is 0 Å². The van der Waals surface area contributed by atoms with Gasteiger partial charge in [-0.2, -0.15) is 0 Å². The van der Waals surface area contributed by atoms with E-state index in [1.807, 2.05) is 0 Å². The van der Waals surface area contributed by atoms with E-state index in [0.717, 1.165) is 38.5 Å². The van der Waals surface area contributed by atoms with Crippen molar-refractivity contribution in [3.05, 3.63) is 60.2 Å². The summed E-state index contributed by atoms with van der Waals surface area (Å²) < 4.78 is 22.4. The number of hydrogen-bond donors (Lipinski definition) is 0. The van der Waals surface area contributed by atoms with Gasteiger partial charge < -0.3 is 18.9 Å². The van der Waals surface area contributed by atoms with Gasteiger partial charge in [0.1, 0.15) is 0 Å². The van der Waals surface area contributed by atoms with Crippen molar-refractivity contribution in [3.8, 4) is 0 Å². The summed E-state index contributed by atoms with van der Waals surface area (Å²) in [5, 5.41) is 0. The highest BCUT2D eigenvalue weighted by atomic mass is 16.5. The topological polar surface area (TPSA) is 105 Å². The number of carbonyl (C=O) groups excluding carboxylic acids is 4. The molecule has 0 aromatic heterocycles. The molecular weight excluding hydrogens is 596 g/mol. The molecule has 11 unspecified atom stereocenters. The van der Waals surface area contributed by atoms with Crippen LogP contribution >= 0.6 is 0 Å². The van der Waals surface area contributed by atoms with Crippen molar-refractivity contribution in [3.63, 3.8) is 0 Å². The van der Waals surface area contributed by atoms with E-state index in [4.69, 9.17) is 18.9 Å². The molecule has 6 aliphatic carbocycles. The normalized spacial score (nSPS) is 37.2. The van der Waals surface area contributed by atoms with Crippen LogP contribution in [0.4, 0.5) is 0 Å². The van der Waals surface area contributed by atoms with Crippen LogP contribution in [0.25, 0.3) is 0 Å². The van der Waals surface area contributed by atoms with Crippen LogP contribution in [-0.4, -0.2) is 50.3 Å². The molecule has 12 atom stereocenters. The molecule has 6 fully saturated rings. The number of ether oxygens (including phenoxy) is 4. The van der Waals surface area contributed by atoms with Crippen LogP contribution in [0.1, 0.15) is 79.0 Å². The van der Waals surface area contributed by atoms with Crippen LogP contribution in [0.2, 0.25) is 0 Å². The minimum absolute atomic E-state index is 0.301. The third kappa shape index (κ3) is 6.41. The highest BCUT2D eigenvalue weighted by Gasteiger charge is 2.57. The Balaban J connectivity index is 0.833. The lowest BCUT2D eigenvalue weighted by Gasteiger charge is -2.31. The zero-order valence-electron chi connectivity index (χ0n) is 27.5. The van der Waals surface area contributed by atoms with Gasteiger partial charge in [-0.3, -0.25) is 0 Å². The molecular formula is C39H48O8. The van der Waals surface area contributed by atoms with E-state index >= 15 is 0 Å². The van der Waals surface area contributed by atoms with Gasteiger partial charge in [0.15, 0.2) is 0 Å². The smallest absolute Gasteiger partial charge is 0.338 e. The molecule has 0 N–H and O–H groups in total. The van der Waals surface area contributed by atoms with Gasteiger partial charge in [-0.05, 0) is 154 Å². The van der Waals surface area contributed by atoms with E-state index in [2.05, 4.69) is 13.2 Å². The predicted molar refractivity (Wildman–Crippen MR) is 173 cm³/mol. The number of hydrogen-bond acceptors (Lipinski definition) is 8. The van der Waals surface area contributed by atoms with E-state index in [0.29, 0.717) is 114 Å². The molecule has 7 rings (SSSR count).